The number of rotatable bonds is 5. The third kappa shape index (κ3) is 2.58. The molecule has 0 unspecified atom stereocenters. The first-order chi connectivity index (χ1) is 11.7. The highest BCUT2D eigenvalue weighted by atomic mass is 16.6. The minimum Gasteiger partial charge on any atom is -0.493 e. The maximum Gasteiger partial charge on any atom is 0.305 e. The average Bonchev–Trinajstić information content (AvgIpc) is 2.60. The van der Waals surface area contributed by atoms with Crippen LogP contribution in [0.3, 0.4) is 0 Å². The Labute approximate surface area is 137 Å². The van der Waals surface area contributed by atoms with Crippen molar-refractivity contribution in [3.63, 3.8) is 0 Å². The van der Waals surface area contributed by atoms with E-state index in [2.05, 4.69) is 4.98 Å². The number of aromatic nitrogens is 1. The van der Waals surface area contributed by atoms with Gasteiger partial charge in [0.15, 0.2) is 6.29 Å². The second-order valence-electron chi connectivity index (χ2n) is 5.06. The maximum absolute atomic E-state index is 11.4. The number of benzene rings is 2. The van der Waals surface area contributed by atoms with Crippen LogP contribution in [0.5, 0.6) is 5.75 Å². The summed E-state index contributed by atoms with van der Waals surface area (Å²) in [6.45, 7) is 2.40. The first kappa shape index (κ1) is 15.6. The maximum atomic E-state index is 11.4. The van der Waals surface area contributed by atoms with Crippen molar-refractivity contribution in [2.45, 2.75) is 6.92 Å². The summed E-state index contributed by atoms with van der Waals surface area (Å²) >= 11 is 0. The van der Waals surface area contributed by atoms with E-state index in [-0.39, 0.29) is 16.8 Å². The van der Waals surface area contributed by atoms with Crippen LogP contribution in [0.15, 0.2) is 48.7 Å². The normalized spacial score (nSPS) is 10.5. The van der Waals surface area contributed by atoms with Gasteiger partial charge in [-0.3, -0.25) is 14.9 Å². The summed E-state index contributed by atoms with van der Waals surface area (Å²) in [5.41, 5.74) is 1.51. The molecule has 0 bridgehead atoms. The number of nitro benzene ring substituents is 1. The SMILES string of the molecule is CCOc1ccccc1-c1ccnc2c([N+](=O)[O-])c(C=O)ccc12. The number of aldehydes is 1. The third-order valence-corrected chi connectivity index (χ3v) is 3.70. The third-order valence-electron chi connectivity index (χ3n) is 3.70. The Morgan fingerprint density at radius 1 is 1.17 bits per heavy atom. The molecule has 2 aromatic carbocycles. The highest BCUT2D eigenvalue weighted by Crippen LogP contribution is 2.37. The van der Waals surface area contributed by atoms with E-state index in [1.54, 1.807) is 12.1 Å². The molecule has 120 valence electrons. The second-order valence-corrected chi connectivity index (χ2v) is 5.06. The number of nitrogens with zero attached hydrogens (tertiary/aromatic N) is 2. The number of hydrogen-bond donors (Lipinski definition) is 0. The summed E-state index contributed by atoms with van der Waals surface area (Å²) < 4.78 is 5.65. The van der Waals surface area contributed by atoms with Gasteiger partial charge < -0.3 is 4.74 Å². The number of ether oxygens (including phenoxy) is 1. The molecule has 3 rings (SSSR count). The van der Waals surface area contributed by atoms with Crippen molar-refractivity contribution in [1.82, 2.24) is 4.98 Å². The first-order valence-corrected chi connectivity index (χ1v) is 7.40. The van der Waals surface area contributed by atoms with E-state index in [1.807, 2.05) is 31.2 Å². The molecule has 0 fully saturated rings. The molecule has 0 radical (unpaired) electrons. The number of carbonyl (C=O) groups is 1. The van der Waals surface area contributed by atoms with Gasteiger partial charge in [0, 0.05) is 17.1 Å². The van der Waals surface area contributed by atoms with Gasteiger partial charge in [-0.15, -0.1) is 0 Å². The Balaban J connectivity index is 2.34. The number of carbonyl (C=O) groups excluding carboxylic acids is 1. The van der Waals surface area contributed by atoms with E-state index in [9.17, 15) is 14.9 Å². The smallest absolute Gasteiger partial charge is 0.305 e. The van der Waals surface area contributed by atoms with Gasteiger partial charge in [0.2, 0.25) is 0 Å². The quantitative estimate of drug-likeness (QED) is 0.402. The molecule has 0 spiro atoms. The largest absolute Gasteiger partial charge is 0.493 e. The monoisotopic (exact) mass is 322 g/mol. The van der Waals surface area contributed by atoms with Crippen molar-refractivity contribution in [2.24, 2.45) is 0 Å². The lowest BCUT2D eigenvalue weighted by Crippen LogP contribution is -1.99. The van der Waals surface area contributed by atoms with Crippen LogP contribution in [0.4, 0.5) is 5.69 Å². The van der Waals surface area contributed by atoms with Gasteiger partial charge in [0.1, 0.15) is 11.3 Å². The topological polar surface area (TPSA) is 82.3 Å². The molecule has 1 aromatic heterocycles. The molecule has 0 aliphatic heterocycles. The predicted octanol–water partition coefficient (Wildman–Crippen LogP) is 4.02. The standard InChI is InChI=1S/C18H14N2O4/c1-2-24-16-6-4-3-5-14(16)13-9-10-19-17-15(13)8-7-12(11-21)18(17)20(22)23/h3-11H,2H2,1H3. The molecule has 0 saturated heterocycles. The number of hydrogen-bond acceptors (Lipinski definition) is 5. The molecule has 0 saturated carbocycles. The lowest BCUT2D eigenvalue weighted by atomic mass is 9.98. The lowest BCUT2D eigenvalue weighted by Gasteiger charge is -2.12. The molecule has 0 aliphatic rings. The van der Waals surface area contributed by atoms with Gasteiger partial charge in [-0.25, -0.2) is 4.98 Å². The number of para-hydroxylation sites is 1. The lowest BCUT2D eigenvalue weighted by molar-refractivity contribution is -0.383. The van der Waals surface area contributed by atoms with Crippen molar-refractivity contribution in [2.75, 3.05) is 6.61 Å². The fourth-order valence-electron chi connectivity index (χ4n) is 2.71. The van der Waals surface area contributed by atoms with Gasteiger partial charge in [-0.2, -0.15) is 0 Å². The zero-order valence-corrected chi connectivity index (χ0v) is 12.9. The number of fused-ring (bicyclic) bond motifs is 1. The van der Waals surface area contributed by atoms with Crippen LogP contribution >= 0.6 is 0 Å². The van der Waals surface area contributed by atoms with Crippen molar-refractivity contribution in [1.29, 1.82) is 0 Å². The van der Waals surface area contributed by atoms with Crippen LogP contribution in [0.25, 0.3) is 22.0 Å². The van der Waals surface area contributed by atoms with E-state index in [4.69, 9.17) is 4.74 Å². The molecule has 3 aromatic rings. The summed E-state index contributed by atoms with van der Waals surface area (Å²) in [4.78, 5) is 26.1. The fraction of sp³-hybridized carbons (Fsp3) is 0.111. The van der Waals surface area contributed by atoms with Crippen LogP contribution in [0.1, 0.15) is 17.3 Å². The van der Waals surface area contributed by atoms with Gasteiger partial charge in [-0.05, 0) is 30.7 Å². The zero-order valence-electron chi connectivity index (χ0n) is 12.9. The van der Waals surface area contributed by atoms with Crippen LogP contribution in [0, 0.1) is 10.1 Å². The fourth-order valence-corrected chi connectivity index (χ4v) is 2.71. The van der Waals surface area contributed by atoms with Gasteiger partial charge in [-0.1, -0.05) is 24.3 Å². The Kier molecular flexibility index (Phi) is 4.20. The van der Waals surface area contributed by atoms with E-state index in [0.29, 0.717) is 24.0 Å². The molecular weight excluding hydrogens is 308 g/mol. The number of nitro groups is 1. The molecule has 0 N–H and O–H groups in total. The first-order valence-electron chi connectivity index (χ1n) is 7.40. The zero-order chi connectivity index (χ0) is 17.1. The summed E-state index contributed by atoms with van der Waals surface area (Å²) in [6.07, 6.45) is 1.97. The van der Waals surface area contributed by atoms with E-state index < -0.39 is 4.92 Å². The van der Waals surface area contributed by atoms with E-state index >= 15 is 0 Å². The average molecular weight is 322 g/mol. The summed E-state index contributed by atoms with van der Waals surface area (Å²) in [6, 6.07) is 12.4. The van der Waals surface area contributed by atoms with Crippen LogP contribution in [0.2, 0.25) is 0 Å². The molecular formula is C18H14N2O4. The number of pyridine rings is 1. The van der Waals surface area contributed by atoms with Crippen LogP contribution in [-0.2, 0) is 0 Å². The predicted molar refractivity (Wildman–Crippen MR) is 90.4 cm³/mol. The summed E-state index contributed by atoms with van der Waals surface area (Å²) in [5.74, 6) is 0.689. The Morgan fingerprint density at radius 3 is 2.67 bits per heavy atom. The van der Waals surface area contributed by atoms with Crippen molar-refractivity contribution >= 4 is 22.9 Å². The Hall–Kier alpha value is -3.28. The highest BCUT2D eigenvalue weighted by molar-refractivity contribution is 6.03. The van der Waals surface area contributed by atoms with Crippen molar-refractivity contribution < 1.29 is 14.5 Å². The highest BCUT2D eigenvalue weighted by Gasteiger charge is 2.21. The minimum atomic E-state index is -0.572. The summed E-state index contributed by atoms with van der Waals surface area (Å²) in [7, 11) is 0. The second kappa shape index (κ2) is 6.45. The van der Waals surface area contributed by atoms with E-state index in [1.165, 1.54) is 12.3 Å². The molecule has 0 aliphatic carbocycles. The minimum absolute atomic E-state index is 0.00948. The Morgan fingerprint density at radius 2 is 1.96 bits per heavy atom. The van der Waals surface area contributed by atoms with Crippen molar-refractivity contribution in [3.8, 4) is 16.9 Å². The summed E-state index contributed by atoms with van der Waals surface area (Å²) in [5, 5.41) is 12.0. The van der Waals surface area contributed by atoms with Crippen LogP contribution < -0.4 is 4.74 Å². The van der Waals surface area contributed by atoms with Crippen LogP contribution in [-0.4, -0.2) is 22.8 Å². The molecule has 24 heavy (non-hydrogen) atoms. The molecule has 6 nitrogen and oxygen atoms in total. The molecule has 6 heteroatoms. The molecule has 0 atom stereocenters. The van der Waals surface area contributed by atoms with Gasteiger partial charge in [0.25, 0.3) is 0 Å². The van der Waals surface area contributed by atoms with Gasteiger partial charge in [0.05, 0.1) is 17.1 Å². The van der Waals surface area contributed by atoms with Gasteiger partial charge >= 0.3 is 5.69 Å². The molecule has 0 amide bonds. The van der Waals surface area contributed by atoms with Crippen molar-refractivity contribution in [3.05, 3.63) is 64.3 Å². The van der Waals surface area contributed by atoms with E-state index in [0.717, 1.165) is 11.1 Å². The Bertz CT molecular complexity index is 937. The molecule has 1 heterocycles.